The van der Waals surface area contributed by atoms with Gasteiger partial charge in [-0.2, -0.15) is 0 Å². The molecule has 0 bridgehead atoms. The molecule has 0 atom stereocenters. The summed E-state index contributed by atoms with van der Waals surface area (Å²) in [6.07, 6.45) is 0. The lowest BCUT2D eigenvalue weighted by Gasteiger charge is -2.21. The molecule has 4 nitrogen and oxygen atoms in total. The van der Waals surface area contributed by atoms with Crippen LogP contribution in [-0.2, 0) is 0 Å². The van der Waals surface area contributed by atoms with Crippen LogP contribution in [0.25, 0.3) is 0 Å². The first-order valence-electron chi connectivity index (χ1n) is 8.19. The van der Waals surface area contributed by atoms with E-state index in [4.69, 9.17) is 12.2 Å². The average molecular weight is 376 g/mol. The summed E-state index contributed by atoms with van der Waals surface area (Å²) in [6, 6.07) is 17.6. The zero-order valence-electron chi connectivity index (χ0n) is 14.0. The van der Waals surface area contributed by atoms with Crippen molar-refractivity contribution >= 4 is 40.3 Å². The first-order valence-corrected chi connectivity index (χ1v) is 8.60. The summed E-state index contributed by atoms with van der Waals surface area (Å²) in [5, 5.41) is 6.00. The molecule has 0 unspecified atom stereocenters. The summed E-state index contributed by atoms with van der Waals surface area (Å²) >= 11 is 5.27. The summed E-state index contributed by atoms with van der Waals surface area (Å²) in [7, 11) is 0. The van der Waals surface area contributed by atoms with Crippen molar-refractivity contribution in [1.29, 1.82) is 0 Å². The monoisotopic (exact) mass is 376 g/mol. The summed E-state index contributed by atoms with van der Waals surface area (Å²) in [6.45, 7) is 0. The number of benzene rings is 3. The van der Waals surface area contributed by atoms with Crippen LogP contribution in [0.1, 0.15) is 31.8 Å². The highest BCUT2D eigenvalue weighted by Crippen LogP contribution is 2.32. The maximum Gasteiger partial charge on any atom is 0.196 e. The Morgan fingerprint density at radius 3 is 2.19 bits per heavy atom. The van der Waals surface area contributed by atoms with Crippen molar-refractivity contribution in [1.82, 2.24) is 0 Å². The quantitative estimate of drug-likeness (QED) is 0.508. The average Bonchev–Trinajstić information content (AvgIpc) is 2.66. The molecule has 0 aliphatic heterocycles. The molecule has 6 heteroatoms. The van der Waals surface area contributed by atoms with Gasteiger partial charge in [-0.25, -0.2) is 4.39 Å². The van der Waals surface area contributed by atoms with Gasteiger partial charge in [0, 0.05) is 22.4 Å². The number of nitrogens with one attached hydrogen (secondary N) is 2. The normalized spacial score (nSPS) is 12.2. The van der Waals surface area contributed by atoms with E-state index in [9.17, 15) is 14.0 Å². The second kappa shape index (κ2) is 6.74. The highest BCUT2D eigenvalue weighted by atomic mass is 32.1. The smallest absolute Gasteiger partial charge is 0.196 e. The van der Waals surface area contributed by atoms with Crippen LogP contribution in [0.5, 0.6) is 0 Å². The third kappa shape index (κ3) is 3.11. The number of hydrogen-bond acceptors (Lipinski definition) is 3. The Morgan fingerprint density at radius 1 is 0.778 bits per heavy atom. The van der Waals surface area contributed by atoms with Gasteiger partial charge in [0.15, 0.2) is 16.7 Å². The molecule has 132 valence electrons. The van der Waals surface area contributed by atoms with Crippen molar-refractivity contribution in [3.8, 4) is 0 Å². The van der Waals surface area contributed by atoms with Crippen molar-refractivity contribution in [3.63, 3.8) is 0 Å². The summed E-state index contributed by atoms with van der Waals surface area (Å²) in [5.74, 6) is -0.831. The van der Waals surface area contributed by atoms with E-state index in [-0.39, 0.29) is 22.2 Å². The predicted molar refractivity (Wildman–Crippen MR) is 106 cm³/mol. The third-order valence-electron chi connectivity index (χ3n) is 4.28. The molecule has 3 aromatic carbocycles. The van der Waals surface area contributed by atoms with E-state index in [1.165, 1.54) is 12.1 Å². The van der Waals surface area contributed by atoms with Gasteiger partial charge in [0.2, 0.25) is 0 Å². The molecule has 4 rings (SSSR count). The van der Waals surface area contributed by atoms with Gasteiger partial charge in [-0.05, 0) is 36.5 Å². The molecule has 2 N–H and O–H groups in total. The van der Waals surface area contributed by atoms with Crippen LogP contribution >= 0.6 is 12.2 Å². The van der Waals surface area contributed by atoms with E-state index in [0.717, 1.165) is 0 Å². The van der Waals surface area contributed by atoms with E-state index >= 15 is 0 Å². The van der Waals surface area contributed by atoms with Gasteiger partial charge >= 0.3 is 0 Å². The van der Waals surface area contributed by atoms with Gasteiger partial charge in [0.05, 0.1) is 11.3 Å². The number of carbonyl (C=O) groups is 2. The Bertz CT molecular complexity index is 1110. The standard InChI is InChI=1S/C21H13FN2O2S/c22-12-5-3-6-13(11-12)23-21(27)24-17-10-4-9-16-18(17)20(26)15-8-2-1-7-14(15)19(16)25/h1-11H,(H2,23,24,27). The number of carbonyl (C=O) groups excluding carboxylic acids is 2. The number of thiocarbonyl (C=S) groups is 1. The summed E-state index contributed by atoms with van der Waals surface area (Å²) < 4.78 is 13.3. The molecule has 0 saturated heterocycles. The van der Waals surface area contributed by atoms with Crippen LogP contribution in [-0.4, -0.2) is 16.7 Å². The van der Waals surface area contributed by atoms with E-state index in [1.807, 2.05) is 0 Å². The van der Waals surface area contributed by atoms with Crippen molar-refractivity contribution in [2.24, 2.45) is 0 Å². The van der Waals surface area contributed by atoms with Gasteiger partial charge in [-0.15, -0.1) is 0 Å². The lowest BCUT2D eigenvalue weighted by atomic mass is 9.83. The third-order valence-corrected chi connectivity index (χ3v) is 4.49. The molecular weight excluding hydrogens is 363 g/mol. The zero-order chi connectivity index (χ0) is 19.0. The molecule has 0 saturated carbocycles. The van der Waals surface area contributed by atoms with Gasteiger partial charge in [0.25, 0.3) is 0 Å². The minimum absolute atomic E-state index is 0.188. The Morgan fingerprint density at radius 2 is 1.44 bits per heavy atom. The van der Waals surface area contributed by atoms with E-state index < -0.39 is 5.82 Å². The number of anilines is 2. The number of halogens is 1. The number of rotatable bonds is 2. The van der Waals surface area contributed by atoms with E-state index in [0.29, 0.717) is 28.1 Å². The van der Waals surface area contributed by atoms with Crippen LogP contribution < -0.4 is 10.6 Å². The van der Waals surface area contributed by atoms with Crippen LogP contribution in [0.3, 0.4) is 0 Å². The van der Waals surface area contributed by atoms with Crippen LogP contribution in [0.15, 0.2) is 66.7 Å². The van der Waals surface area contributed by atoms with Crippen molar-refractivity contribution in [2.45, 2.75) is 0 Å². The fourth-order valence-corrected chi connectivity index (χ4v) is 3.33. The SMILES string of the molecule is O=C1c2ccccc2C(=O)c2c(NC(=S)Nc3cccc(F)c3)cccc21. The topological polar surface area (TPSA) is 58.2 Å². The van der Waals surface area contributed by atoms with Crippen molar-refractivity contribution in [3.05, 3.63) is 94.8 Å². The predicted octanol–water partition coefficient (Wildman–Crippen LogP) is 4.41. The first-order chi connectivity index (χ1) is 13.0. The maximum atomic E-state index is 13.3. The van der Waals surface area contributed by atoms with Crippen LogP contribution in [0.2, 0.25) is 0 Å². The maximum absolute atomic E-state index is 13.3. The molecular formula is C21H13FN2O2S. The Labute approximate surface area is 160 Å². The number of ketones is 2. The largest absolute Gasteiger partial charge is 0.332 e. The van der Waals surface area contributed by atoms with E-state index in [1.54, 1.807) is 54.6 Å². The molecule has 0 spiro atoms. The fraction of sp³-hybridized carbons (Fsp3) is 0. The second-order valence-electron chi connectivity index (χ2n) is 6.02. The molecule has 1 aliphatic rings. The first kappa shape index (κ1) is 17.1. The van der Waals surface area contributed by atoms with Crippen molar-refractivity contribution in [2.75, 3.05) is 10.6 Å². The van der Waals surface area contributed by atoms with E-state index in [2.05, 4.69) is 10.6 Å². The van der Waals surface area contributed by atoms with Gasteiger partial charge in [-0.1, -0.05) is 42.5 Å². The minimum Gasteiger partial charge on any atom is -0.332 e. The Balaban J connectivity index is 1.67. The van der Waals surface area contributed by atoms with Crippen LogP contribution in [0.4, 0.5) is 15.8 Å². The molecule has 0 fully saturated rings. The molecule has 0 amide bonds. The molecule has 3 aromatic rings. The second-order valence-corrected chi connectivity index (χ2v) is 6.43. The van der Waals surface area contributed by atoms with Crippen molar-refractivity contribution < 1.29 is 14.0 Å². The Kier molecular flexibility index (Phi) is 4.25. The lowest BCUT2D eigenvalue weighted by molar-refractivity contribution is 0.0979. The summed E-state index contributed by atoms with van der Waals surface area (Å²) in [5.41, 5.74) is 2.28. The lowest BCUT2D eigenvalue weighted by Crippen LogP contribution is -2.25. The molecule has 1 aliphatic carbocycles. The van der Waals surface area contributed by atoms with Gasteiger partial charge < -0.3 is 10.6 Å². The Hall–Kier alpha value is -3.38. The van der Waals surface area contributed by atoms with Crippen LogP contribution in [0, 0.1) is 5.82 Å². The zero-order valence-corrected chi connectivity index (χ0v) is 14.8. The molecule has 27 heavy (non-hydrogen) atoms. The summed E-state index contributed by atoms with van der Waals surface area (Å²) in [4.78, 5) is 25.7. The van der Waals surface area contributed by atoms with Gasteiger partial charge in [0.1, 0.15) is 5.82 Å². The molecule has 0 heterocycles. The van der Waals surface area contributed by atoms with Gasteiger partial charge in [-0.3, -0.25) is 9.59 Å². The number of fused-ring (bicyclic) bond motifs is 2. The molecule has 0 radical (unpaired) electrons. The highest BCUT2D eigenvalue weighted by molar-refractivity contribution is 7.80. The molecule has 0 aromatic heterocycles. The number of hydrogen-bond donors (Lipinski definition) is 2. The fourth-order valence-electron chi connectivity index (χ4n) is 3.10. The minimum atomic E-state index is -0.391. The highest BCUT2D eigenvalue weighted by Gasteiger charge is 2.31.